The highest BCUT2D eigenvalue weighted by Crippen LogP contribution is 2.45. The van der Waals surface area contributed by atoms with Crippen LogP contribution in [0, 0.1) is 29.5 Å². The largest absolute Gasteiger partial charge is 0.342 e. The lowest BCUT2D eigenvalue weighted by Crippen LogP contribution is -2.29. The van der Waals surface area contributed by atoms with Crippen LogP contribution < -0.4 is 0 Å². The number of carbonyl (C=O) groups excluding carboxylic acids is 1. The van der Waals surface area contributed by atoms with Gasteiger partial charge in [-0.05, 0) is 137 Å². The summed E-state index contributed by atoms with van der Waals surface area (Å²) in [7, 11) is 1.89. The second-order valence-electron chi connectivity index (χ2n) is 14.0. The number of halogens is 1. The molecule has 3 saturated carbocycles. The molecule has 3 heteroatoms. The Balaban J connectivity index is 1.16. The summed E-state index contributed by atoms with van der Waals surface area (Å²) in [4.78, 5) is 13.8. The lowest BCUT2D eigenvalue weighted by Gasteiger charge is -2.38. The van der Waals surface area contributed by atoms with Gasteiger partial charge in [-0.25, -0.2) is 4.39 Å². The van der Waals surface area contributed by atoms with Crippen molar-refractivity contribution in [1.29, 1.82) is 0 Å². The van der Waals surface area contributed by atoms with Crippen molar-refractivity contribution in [3.05, 3.63) is 47.3 Å². The van der Waals surface area contributed by atoms with E-state index < -0.39 is 0 Å². The highest BCUT2D eigenvalue weighted by molar-refractivity contribution is 5.91. The zero-order valence-corrected chi connectivity index (χ0v) is 26.1. The van der Waals surface area contributed by atoms with Gasteiger partial charge in [-0.3, -0.25) is 4.79 Å². The molecule has 0 aliphatic heterocycles. The van der Waals surface area contributed by atoms with E-state index in [1.165, 1.54) is 102 Å². The molecule has 224 valence electrons. The third-order valence-electron chi connectivity index (χ3n) is 11.1. The molecule has 1 aromatic rings. The Bertz CT molecular complexity index is 931. The van der Waals surface area contributed by atoms with Crippen molar-refractivity contribution in [2.75, 3.05) is 13.6 Å². The fourth-order valence-electron chi connectivity index (χ4n) is 8.49. The standard InChI is InChI=1S/C37H58FNO/c1-5-6-7-9-28-13-17-32(18-14-28)34-23-24-35(36(38)26-34)33-21-19-31(20-22-33)30-15-11-29(12-16-30)10-8-25-39(4)37(40)27(2)3/h23-24,26,28-33H,2,5-22,25H2,1,3-4H3. The molecule has 1 amide bonds. The van der Waals surface area contributed by atoms with E-state index in [1.54, 1.807) is 6.92 Å². The number of nitrogens with zero attached hydrogens (tertiary/aromatic N) is 1. The Hall–Kier alpha value is -1.64. The fraction of sp³-hybridized carbons (Fsp3) is 0.757. The van der Waals surface area contributed by atoms with Gasteiger partial charge in [-0.2, -0.15) is 0 Å². The average Bonchev–Trinajstić information content (AvgIpc) is 2.97. The van der Waals surface area contributed by atoms with Crippen LogP contribution in [-0.2, 0) is 4.79 Å². The van der Waals surface area contributed by atoms with E-state index in [1.807, 2.05) is 18.0 Å². The van der Waals surface area contributed by atoms with Gasteiger partial charge in [-0.1, -0.05) is 64.2 Å². The van der Waals surface area contributed by atoms with Gasteiger partial charge in [0.05, 0.1) is 0 Å². The van der Waals surface area contributed by atoms with E-state index in [4.69, 9.17) is 0 Å². The summed E-state index contributed by atoms with van der Waals surface area (Å²) in [5.41, 5.74) is 2.88. The Morgan fingerprint density at radius 3 is 1.95 bits per heavy atom. The summed E-state index contributed by atoms with van der Waals surface area (Å²) in [6.07, 6.45) is 23.2. The molecular weight excluding hydrogens is 493 g/mol. The monoisotopic (exact) mass is 551 g/mol. The van der Waals surface area contributed by atoms with E-state index in [0.29, 0.717) is 17.4 Å². The normalized spacial score (nSPS) is 29.2. The van der Waals surface area contributed by atoms with E-state index in [0.717, 1.165) is 55.0 Å². The number of hydrogen-bond donors (Lipinski definition) is 0. The molecule has 0 spiro atoms. The summed E-state index contributed by atoms with van der Waals surface area (Å²) in [5, 5.41) is 0. The zero-order valence-electron chi connectivity index (χ0n) is 26.1. The Morgan fingerprint density at radius 2 is 1.38 bits per heavy atom. The SMILES string of the molecule is C=C(C)C(=O)N(C)CCCC1CCC(C2CCC(c3ccc(C4CCC(CCCCC)CC4)cc3F)CC2)CC1. The Labute approximate surface area is 245 Å². The van der Waals surface area contributed by atoms with E-state index in [-0.39, 0.29) is 11.7 Å². The molecule has 0 unspecified atom stereocenters. The summed E-state index contributed by atoms with van der Waals surface area (Å²) in [5.74, 6) is 4.56. The van der Waals surface area contributed by atoms with Crippen molar-refractivity contribution >= 4 is 5.91 Å². The molecule has 3 fully saturated rings. The molecule has 3 aliphatic carbocycles. The quantitative estimate of drug-likeness (QED) is 0.187. The van der Waals surface area contributed by atoms with Crippen molar-refractivity contribution in [2.24, 2.45) is 23.7 Å². The van der Waals surface area contributed by atoms with Gasteiger partial charge >= 0.3 is 0 Å². The first-order valence-electron chi connectivity index (χ1n) is 17.1. The maximum Gasteiger partial charge on any atom is 0.248 e. The molecule has 0 aromatic heterocycles. The molecule has 0 radical (unpaired) electrons. The second-order valence-corrected chi connectivity index (χ2v) is 14.0. The van der Waals surface area contributed by atoms with Gasteiger partial charge in [-0.15, -0.1) is 0 Å². The van der Waals surface area contributed by atoms with Crippen LogP contribution in [0.4, 0.5) is 4.39 Å². The van der Waals surface area contributed by atoms with Crippen LogP contribution in [0.15, 0.2) is 30.4 Å². The van der Waals surface area contributed by atoms with Gasteiger partial charge < -0.3 is 4.90 Å². The molecular formula is C37H58FNO. The average molecular weight is 552 g/mol. The Morgan fingerprint density at radius 1 is 0.825 bits per heavy atom. The molecule has 3 aliphatic rings. The minimum atomic E-state index is 0.0714. The van der Waals surface area contributed by atoms with Crippen LogP contribution in [0.1, 0.15) is 152 Å². The van der Waals surface area contributed by atoms with Crippen molar-refractivity contribution in [3.8, 4) is 0 Å². The number of likely N-dealkylation sites (N-methyl/N-ethyl adjacent to an activating group) is 1. The minimum Gasteiger partial charge on any atom is -0.342 e. The highest BCUT2D eigenvalue weighted by Gasteiger charge is 2.32. The first-order valence-corrected chi connectivity index (χ1v) is 17.1. The van der Waals surface area contributed by atoms with Gasteiger partial charge in [0.25, 0.3) is 0 Å². The molecule has 0 N–H and O–H groups in total. The van der Waals surface area contributed by atoms with Crippen LogP contribution in [0.3, 0.4) is 0 Å². The van der Waals surface area contributed by atoms with Gasteiger partial charge in [0.15, 0.2) is 0 Å². The number of unbranched alkanes of at least 4 members (excludes halogenated alkanes) is 2. The summed E-state index contributed by atoms with van der Waals surface area (Å²) in [6.45, 7) is 8.69. The molecule has 0 saturated heterocycles. The van der Waals surface area contributed by atoms with Crippen molar-refractivity contribution in [1.82, 2.24) is 4.90 Å². The van der Waals surface area contributed by atoms with Crippen LogP contribution in [-0.4, -0.2) is 24.4 Å². The van der Waals surface area contributed by atoms with Gasteiger partial charge in [0.2, 0.25) is 5.91 Å². The summed E-state index contributed by atoms with van der Waals surface area (Å²) >= 11 is 0. The molecule has 1 aromatic carbocycles. The molecule has 40 heavy (non-hydrogen) atoms. The summed E-state index contributed by atoms with van der Waals surface area (Å²) < 4.78 is 15.4. The zero-order chi connectivity index (χ0) is 28.5. The molecule has 0 bridgehead atoms. The van der Waals surface area contributed by atoms with Gasteiger partial charge in [0, 0.05) is 19.2 Å². The lowest BCUT2D eigenvalue weighted by molar-refractivity contribution is -0.125. The summed E-state index contributed by atoms with van der Waals surface area (Å²) in [6, 6.07) is 6.35. The first-order chi connectivity index (χ1) is 19.4. The van der Waals surface area contributed by atoms with Gasteiger partial charge in [0.1, 0.15) is 5.82 Å². The molecule has 0 heterocycles. The smallest absolute Gasteiger partial charge is 0.248 e. The highest BCUT2D eigenvalue weighted by atomic mass is 19.1. The predicted octanol–water partition coefficient (Wildman–Crippen LogP) is 10.6. The van der Waals surface area contributed by atoms with E-state index in [2.05, 4.69) is 25.6 Å². The predicted molar refractivity (Wildman–Crippen MR) is 167 cm³/mol. The number of carbonyl (C=O) groups is 1. The molecule has 4 rings (SSSR count). The Kier molecular flexibility index (Phi) is 12.2. The van der Waals surface area contributed by atoms with Crippen LogP contribution in [0.25, 0.3) is 0 Å². The minimum absolute atomic E-state index is 0.0714. The van der Waals surface area contributed by atoms with Crippen LogP contribution in [0.5, 0.6) is 0 Å². The number of rotatable bonds is 12. The van der Waals surface area contributed by atoms with Crippen LogP contribution >= 0.6 is 0 Å². The molecule has 2 nitrogen and oxygen atoms in total. The van der Waals surface area contributed by atoms with Crippen molar-refractivity contribution in [2.45, 2.75) is 141 Å². The number of hydrogen-bond acceptors (Lipinski definition) is 1. The maximum atomic E-state index is 15.4. The van der Waals surface area contributed by atoms with E-state index in [9.17, 15) is 4.79 Å². The third-order valence-corrected chi connectivity index (χ3v) is 11.1. The fourth-order valence-corrected chi connectivity index (χ4v) is 8.49. The lowest BCUT2D eigenvalue weighted by atomic mass is 9.68. The van der Waals surface area contributed by atoms with E-state index >= 15 is 4.39 Å². The third kappa shape index (κ3) is 8.68. The second kappa shape index (κ2) is 15.5. The van der Waals surface area contributed by atoms with Crippen LogP contribution in [0.2, 0.25) is 0 Å². The van der Waals surface area contributed by atoms with Crippen molar-refractivity contribution < 1.29 is 9.18 Å². The topological polar surface area (TPSA) is 20.3 Å². The number of benzene rings is 1. The number of amides is 1. The van der Waals surface area contributed by atoms with Crippen molar-refractivity contribution in [3.63, 3.8) is 0 Å². The maximum absolute atomic E-state index is 15.4. The molecule has 0 atom stereocenters. The first kappa shape index (κ1) is 31.3.